The topological polar surface area (TPSA) is 58.5 Å². The standard InChI is InChI=1S/C17H17FN2O2S/c1-14(11-15-5-3-2-4-6-15)12-19-20-23(21,22)13-16-7-9-17(18)10-8-16/h2-12,20H,13H2,1H3/b14-11-,19-12+. The molecule has 0 radical (unpaired) electrons. The lowest BCUT2D eigenvalue weighted by molar-refractivity contribution is 0.583. The lowest BCUT2D eigenvalue weighted by Crippen LogP contribution is -2.20. The number of nitrogens with zero attached hydrogens (tertiary/aromatic N) is 1. The lowest BCUT2D eigenvalue weighted by atomic mass is 10.1. The maximum absolute atomic E-state index is 12.8. The predicted molar refractivity (Wildman–Crippen MR) is 90.7 cm³/mol. The first-order valence-electron chi connectivity index (χ1n) is 6.95. The molecule has 0 heterocycles. The molecule has 0 aliphatic carbocycles. The van der Waals surface area contributed by atoms with E-state index in [2.05, 4.69) is 9.93 Å². The third-order valence-corrected chi connectivity index (χ3v) is 4.02. The number of nitrogens with one attached hydrogen (secondary N) is 1. The van der Waals surface area contributed by atoms with Crippen LogP contribution in [0.4, 0.5) is 4.39 Å². The second kappa shape index (κ2) is 7.69. The second-order valence-corrected chi connectivity index (χ2v) is 6.73. The first-order chi connectivity index (χ1) is 10.9. The van der Waals surface area contributed by atoms with Crippen LogP contribution in [-0.2, 0) is 15.8 Å². The minimum atomic E-state index is -3.61. The molecule has 0 saturated carbocycles. The monoisotopic (exact) mass is 332 g/mol. The van der Waals surface area contributed by atoms with Crippen molar-refractivity contribution in [3.8, 4) is 0 Å². The van der Waals surface area contributed by atoms with Gasteiger partial charge in [-0.05, 0) is 35.8 Å². The Morgan fingerprint density at radius 2 is 1.78 bits per heavy atom. The van der Waals surface area contributed by atoms with Crippen molar-refractivity contribution in [1.82, 2.24) is 4.83 Å². The molecule has 0 amide bonds. The zero-order valence-electron chi connectivity index (χ0n) is 12.6. The van der Waals surface area contributed by atoms with E-state index in [4.69, 9.17) is 0 Å². The van der Waals surface area contributed by atoms with Crippen molar-refractivity contribution in [2.45, 2.75) is 12.7 Å². The molecule has 0 aliphatic rings. The lowest BCUT2D eigenvalue weighted by Gasteiger charge is -2.03. The Bertz CT molecular complexity index is 798. The zero-order valence-corrected chi connectivity index (χ0v) is 13.4. The molecule has 0 bridgehead atoms. The Morgan fingerprint density at radius 1 is 1.13 bits per heavy atom. The molecule has 2 rings (SSSR count). The largest absolute Gasteiger partial charge is 0.251 e. The number of halogens is 1. The van der Waals surface area contributed by atoms with Gasteiger partial charge in [0.05, 0.1) is 12.0 Å². The summed E-state index contributed by atoms with van der Waals surface area (Å²) in [7, 11) is -3.61. The summed E-state index contributed by atoms with van der Waals surface area (Å²) < 4.78 is 36.6. The summed E-state index contributed by atoms with van der Waals surface area (Å²) >= 11 is 0. The van der Waals surface area contributed by atoms with Gasteiger partial charge in [-0.25, -0.2) is 17.6 Å². The minimum absolute atomic E-state index is 0.258. The van der Waals surface area contributed by atoms with E-state index < -0.39 is 15.8 Å². The molecule has 23 heavy (non-hydrogen) atoms. The normalized spacial score (nSPS) is 12.5. The highest BCUT2D eigenvalue weighted by Crippen LogP contribution is 2.07. The first kappa shape index (κ1) is 16.9. The molecule has 120 valence electrons. The van der Waals surface area contributed by atoms with Crippen LogP contribution in [0.5, 0.6) is 0 Å². The smallest absolute Gasteiger partial charge is 0.207 e. The van der Waals surface area contributed by atoms with E-state index in [1.165, 1.54) is 30.5 Å². The summed E-state index contributed by atoms with van der Waals surface area (Å²) in [6.45, 7) is 1.82. The number of benzene rings is 2. The van der Waals surface area contributed by atoms with Crippen LogP contribution in [0.3, 0.4) is 0 Å². The van der Waals surface area contributed by atoms with Crippen molar-refractivity contribution in [2.24, 2.45) is 5.10 Å². The molecule has 0 aromatic heterocycles. The quantitative estimate of drug-likeness (QED) is 0.651. The van der Waals surface area contributed by atoms with E-state index in [1.807, 2.05) is 43.3 Å². The fourth-order valence-corrected chi connectivity index (χ4v) is 2.80. The van der Waals surface area contributed by atoms with E-state index in [9.17, 15) is 12.8 Å². The van der Waals surface area contributed by atoms with Gasteiger partial charge in [0, 0.05) is 0 Å². The Morgan fingerprint density at radius 3 is 2.43 bits per heavy atom. The van der Waals surface area contributed by atoms with Gasteiger partial charge in [-0.1, -0.05) is 48.5 Å². The van der Waals surface area contributed by atoms with Crippen LogP contribution in [0.1, 0.15) is 18.1 Å². The molecule has 1 N–H and O–H groups in total. The van der Waals surface area contributed by atoms with E-state index in [0.717, 1.165) is 11.1 Å². The molecular formula is C17H17FN2O2S. The van der Waals surface area contributed by atoms with E-state index in [0.29, 0.717) is 5.56 Å². The summed E-state index contributed by atoms with van der Waals surface area (Å²) in [5.74, 6) is -0.662. The third-order valence-electron chi connectivity index (χ3n) is 2.92. The Kier molecular flexibility index (Phi) is 5.65. The number of sulfonamides is 1. The molecule has 2 aromatic carbocycles. The van der Waals surface area contributed by atoms with E-state index in [1.54, 1.807) is 0 Å². The maximum atomic E-state index is 12.8. The van der Waals surface area contributed by atoms with Crippen molar-refractivity contribution in [3.63, 3.8) is 0 Å². The van der Waals surface area contributed by atoms with Crippen LogP contribution in [-0.4, -0.2) is 14.6 Å². The summed E-state index contributed by atoms with van der Waals surface area (Å²) in [4.78, 5) is 2.15. The SMILES string of the molecule is CC(=C/c1ccccc1)/C=N/NS(=O)(=O)Cc1ccc(F)cc1. The van der Waals surface area contributed by atoms with E-state index in [-0.39, 0.29) is 5.75 Å². The van der Waals surface area contributed by atoms with Crippen molar-refractivity contribution in [3.05, 3.63) is 77.1 Å². The van der Waals surface area contributed by atoms with Gasteiger partial charge in [0.15, 0.2) is 0 Å². The van der Waals surface area contributed by atoms with E-state index >= 15 is 0 Å². The van der Waals surface area contributed by atoms with Gasteiger partial charge in [-0.3, -0.25) is 0 Å². The van der Waals surface area contributed by atoms with Crippen molar-refractivity contribution in [1.29, 1.82) is 0 Å². The van der Waals surface area contributed by atoms with Gasteiger partial charge < -0.3 is 0 Å². The van der Waals surface area contributed by atoms with Crippen LogP contribution in [0, 0.1) is 5.82 Å². The molecule has 4 nitrogen and oxygen atoms in total. The fraction of sp³-hybridized carbons (Fsp3) is 0.118. The predicted octanol–water partition coefficient (Wildman–Crippen LogP) is 3.33. The molecular weight excluding hydrogens is 315 g/mol. The average Bonchev–Trinajstić information content (AvgIpc) is 2.50. The fourth-order valence-electron chi connectivity index (χ4n) is 1.89. The van der Waals surface area contributed by atoms with Gasteiger partial charge >= 0.3 is 0 Å². The molecule has 0 saturated heterocycles. The maximum Gasteiger partial charge on any atom is 0.251 e. The number of hydrogen-bond donors (Lipinski definition) is 1. The molecule has 0 spiro atoms. The van der Waals surface area contributed by atoms with Crippen LogP contribution in [0.15, 0.2) is 65.3 Å². The Balaban J connectivity index is 1.95. The van der Waals surface area contributed by atoms with Crippen LogP contribution in [0.2, 0.25) is 0 Å². The highest BCUT2D eigenvalue weighted by molar-refractivity contribution is 7.88. The van der Waals surface area contributed by atoms with Gasteiger partial charge in [0.25, 0.3) is 10.0 Å². The molecule has 0 atom stereocenters. The molecule has 2 aromatic rings. The Hall–Kier alpha value is -2.47. The van der Waals surface area contributed by atoms with Crippen molar-refractivity contribution < 1.29 is 12.8 Å². The number of hydrogen-bond acceptors (Lipinski definition) is 3. The molecule has 0 fully saturated rings. The first-order valence-corrected chi connectivity index (χ1v) is 8.60. The summed E-state index contributed by atoms with van der Waals surface area (Å²) in [5, 5.41) is 3.75. The van der Waals surface area contributed by atoms with Gasteiger partial charge in [-0.2, -0.15) is 5.10 Å². The average molecular weight is 332 g/mol. The van der Waals surface area contributed by atoms with Crippen molar-refractivity contribution in [2.75, 3.05) is 0 Å². The highest BCUT2D eigenvalue weighted by atomic mass is 32.2. The van der Waals surface area contributed by atoms with Gasteiger partial charge in [0.2, 0.25) is 0 Å². The highest BCUT2D eigenvalue weighted by Gasteiger charge is 2.09. The molecule has 6 heteroatoms. The minimum Gasteiger partial charge on any atom is -0.207 e. The number of rotatable bonds is 6. The van der Waals surface area contributed by atoms with Crippen LogP contribution in [0.25, 0.3) is 6.08 Å². The third kappa shape index (κ3) is 6.04. The van der Waals surface area contributed by atoms with Crippen molar-refractivity contribution >= 4 is 22.3 Å². The molecule has 0 aliphatic heterocycles. The summed E-state index contributed by atoms with van der Waals surface area (Å²) in [5.41, 5.74) is 2.30. The van der Waals surface area contributed by atoms with Gasteiger partial charge in [0.1, 0.15) is 5.82 Å². The number of allylic oxidation sites excluding steroid dienone is 1. The summed E-state index contributed by atoms with van der Waals surface area (Å²) in [6, 6.07) is 14.9. The molecule has 0 unspecified atom stereocenters. The van der Waals surface area contributed by atoms with Gasteiger partial charge in [-0.15, -0.1) is 0 Å². The zero-order chi connectivity index (χ0) is 16.7. The van der Waals surface area contributed by atoms with Crippen LogP contribution < -0.4 is 4.83 Å². The summed E-state index contributed by atoms with van der Waals surface area (Å²) in [6.07, 6.45) is 3.33. The second-order valence-electron chi connectivity index (χ2n) is 5.03. The van der Waals surface area contributed by atoms with Crippen LogP contribution >= 0.6 is 0 Å². The Labute approximate surface area is 135 Å². The number of hydrazone groups is 1.